The monoisotopic (exact) mass is 219 g/mol. The molecule has 0 fully saturated rings. The number of amides is 1. The van der Waals surface area contributed by atoms with Gasteiger partial charge in [-0.1, -0.05) is 0 Å². The van der Waals surface area contributed by atoms with E-state index in [0.29, 0.717) is 0 Å². The summed E-state index contributed by atoms with van der Waals surface area (Å²) < 4.78 is 13.1. The summed E-state index contributed by atoms with van der Waals surface area (Å²) in [6, 6.07) is 0. The number of ether oxygens (including phenoxy) is 3. The Hall–Kier alpha value is -1.79. The topological polar surface area (TPSA) is 82.1 Å². The summed E-state index contributed by atoms with van der Waals surface area (Å²) in [5, 5.41) is 0. The molecule has 0 aromatic rings. The summed E-state index contributed by atoms with van der Waals surface area (Å²) in [6.07, 6.45) is -0.800. The lowest BCUT2D eigenvalue weighted by Gasteiger charge is -2.17. The van der Waals surface area contributed by atoms with Crippen molar-refractivity contribution in [2.24, 2.45) is 0 Å². The third-order valence-corrected chi connectivity index (χ3v) is 1.53. The number of rotatable bonds is 4. The van der Waals surface area contributed by atoms with Crippen molar-refractivity contribution in [2.45, 2.75) is 0 Å². The average molecular weight is 219 g/mol. The Kier molecular flexibility index (Phi) is 5.84. The fourth-order valence-corrected chi connectivity index (χ4v) is 0.755. The number of carbonyl (C=O) groups excluding carboxylic acids is 3. The van der Waals surface area contributed by atoms with Gasteiger partial charge in [-0.25, -0.2) is 4.79 Å². The van der Waals surface area contributed by atoms with Crippen molar-refractivity contribution in [3.63, 3.8) is 0 Å². The number of hydrogen-bond acceptors (Lipinski definition) is 6. The zero-order valence-corrected chi connectivity index (χ0v) is 8.81. The predicted octanol–water partition coefficient (Wildman–Crippen LogP) is -0.599. The van der Waals surface area contributed by atoms with E-state index >= 15 is 0 Å². The smallest absolute Gasteiger partial charge is 0.410 e. The molecule has 0 aromatic carbocycles. The quantitative estimate of drug-likeness (QED) is 0.464. The summed E-state index contributed by atoms with van der Waals surface area (Å²) in [4.78, 5) is 33.8. The molecule has 0 atom stereocenters. The first-order valence-electron chi connectivity index (χ1n) is 4.01. The molecule has 1 amide bonds. The van der Waals surface area contributed by atoms with Crippen LogP contribution in [0.4, 0.5) is 4.79 Å². The molecular weight excluding hydrogens is 206 g/mol. The minimum atomic E-state index is -0.800. The molecule has 0 aromatic heterocycles. The number of hydrogen-bond donors (Lipinski definition) is 0. The van der Waals surface area contributed by atoms with E-state index in [0.717, 1.165) is 12.0 Å². The first kappa shape index (κ1) is 13.2. The van der Waals surface area contributed by atoms with Gasteiger partial charge in [0, 0.05) is 0 Å². The summed E-state index contributed by atoms with van der Waals surface area (Å²) in [5.74, 6) is -1.30. The van der Waals surface area contributed by atoms with E-state index in [9.17, 15) is 14.4 Å². The lowest BCUT2D eigenvalue weighted by molar-refractivity contribution is -0.144. The summed E-state index contributed by atoms with van der Waals surface area (Å²) in [6.45, 7) is -0.726. The van der Waals surface area contributed by atoms with Crippen LogP contribution in [-0.4, -0.2) is 57.4 Å². The molecule has 0 saturated heterocycles. The Balaban J connectivity index is 4.37. The van der Waals surface area contributed by atoms with Crippen LogP contribution in [0.2, 0.25) is 0 Å². The second kappa shape index (κ2) is 6.63. The second-order valence-corrected chi connectivity index (χ2v) is 2.48. The van der Waals surface area contributed by atoms with Gasteiger partial charge in [0.25, 0.3) is 0 Å². The molecule has 0 aliphatic heterocycles. The van der Waals surface area contributed by atoms with E-state index in [1.165, 1.54) is 14.2 Å². The van der Waals surface area contributed by atoms with Crippen LogP contribution in [0.5, 0.6) is 0 Å². The third kappa shape index (κ3) is 4.84. The van der Waals surface area contributed by atoms with Crippen LogP contribution in [0.25, 0.3) is 0 Å². The van der Waals surface area contributed by atoms with E-state index in [2.05, 4.69) is 14.2 Å². The third-order valence-electron chi connectivity index (χ3n) is 1.53. The number of esters is 2. The highest BCUT2D eigenvalue weighted by atomic mass is 16.6. The van der Waals surface area contributed by atoms with Gasteiger partial charge >= 0.3 is 18.0 Å². The van der Waals surface area contributed by atoms with E-state index in [-0.39, 0.29) is 13.1 Å². The van der Waals surface area contributed by atoms with Crippen LogP contribution in [0.1, 0.15) is 0 Å². The first-order chi connectivity index (χ1) is 7.04. The molecule has 0 aliphatic carbocycles. The van der Waals surface area contributed by atoms with Crippen LogP contribution in [0.15, 0.2) is 0 Å². The number of carbonyl (C=O) groups is 3. The molecule has 0 unspecified atom stereocenters. The highest BCUT2D eigenvalue weighted by Crippen LogP contribution is 1.95. The largest absolute Gasteiger partial charge is 0.468 e. The van der Waals surface area contributed by atoms with Gasteiger partial charge in [-0.3, -0.25) is 14.5 Å². The van der Waals surface area contributed by atoms with Crippen molar-refractivity contribution >= 4 is 18.0 Å². The number of methoxy groups -OCH3 is 3. The molecule has 0 bridgehead atoms. The normalized spacial score (nSPS) is 9.00. The van der Waals surface area contributed by atoms with Crippen molar-refractivity contribution in [1.29, 1.82) is 0 Å². The highest BCUT2D eigenvalue weighted by molar-refractivity contribution is 5.82. The lowest BCUT2D eigenvalue weighted by Crippen LogP contribution is -2.40. The molecule has 7 heteroatoms. The van der Waals surface area contributed by atoms with Crippen molar-refractivity contribution < 1.29 is 28.6 Å². The molecule has 86 valence electrons. The van der Waals surface area contributed by atoms with Gasteiger partial charge in [0.05, 0.1) is 21.3 Å². The second-order valence-electron chi connectivity index (χ2n) is 2.48. The molecule has 0 N–H and O–H groups in total. The van der Waals surface area contributed by atoms with E-state index in [4.69, 9.17) is 0 Å². The molecule has 0 heterocycles. The van der Waals surface area contributed by atoms with Gasteiger partial charge < -0.3 is 14.2 Å². The van der Waals surface area contributed by atoms with Gasteiger partial charge in [0.2, 0.25) is 0 Å². The zero-order valence-electron chi connectivity index (χ0n) is 8.81. The van der Waals surface area contributed by atoms with Crippen molar-refractivity contribution in [3.05, 3.63) is 0 Å². The minimum absolute atomic E-state index is 0.363. The molecule has 15 heavy (non-hydrogen) atoms. The highest BCUT2D eigenvalue weighted by Gasteiger charge is 2.21. The molecule has 0 saturated carbocycles. The predicted molar refractivity (Wildman–Crippen MR) is 48.0 cm³/mol. The SMILES string of the molecule is COC(=O)CN(CC(=O)OC)C(=O)OC. The Labute approximate surface area is 86.9 Å². The summed E-state index contributed by atoms with van der Waals surface area (Å²) in [7, 11) is 3.50. The van der Waals surface area contributed by atoms with Gasteiger partial charge in [-0.2, -0.15) is 0 Å². The maximum absolute atomic E-state index is 11.1. The maximum Gasteiger partial charge on any atom is 0.410 e. The molecule has 7 nitrogen and oxygen atoms in total. The zero-order chi connectivity index (χ0) is 11.8. The summed E-state index contributed by atoms with van der Waals surface area (Å²) in [5.41, 5.74) is 0. The standard InChI is InChI=1S/C8H13NO6/c1-13-6(10)4-9(8(12)15-3)5-7(11)14-2/h4-5H2,1-3H3. The fourth-order valence-electron chi connectivity index (χ4n) is 0.755. The van der Waals surface area contributed by atoms with Crippen molar-refractivity contribution in [1.82, 2.24) is 4.90 Å². The molecule has 0 aliphatic rings. The number of nitrogens with zero attached hydrogens (tertiary/aromatic N) is 1. The van der Waals surface area contributed by atoms with Gasteiger partial charge in [0.1, 0.15) is 13.1 Å². The molecule has 0 radical (unpaired) electrons. The van der Waals surface area contributed by atoms with Crippen LogP contribution in [0, 0.1) is 0 Å². The van der Waals surface area contributed by atoms with Crippen LogP contribution in [-0.2, 0) is 23.8 Å². The Morgan fingerprint density at radius 1 is 0.867 bits per heavy atom. The van der Waals surface area contributed by atoms with Crippen molar-refractivity contribution in [2.75, 3.05) is 34.4 Å². The lowest BCUT2D eigenvalue weighted by atomic mass is 10.5. The van der Waals surface area contributed by atoms with E-state index in [1.54, 1.807) is 0 Å². The van der Waals surface area contributed by atoms with E-state index < -0.39 is 18.0 Å². The Morgan fingerprint density at radius 2 is 1.27 bits per heavy atom. The van der Waals surface area contributed by atoms with Crippen molar-refractivity contribution in [3.8, 4) is 0 Å². The molecule has 0 rings (SSSR count). The van der Waals surface area contributed by atoms with Gasteiger partial charge in [-0.05, 0) is 0 Å². The van der Waals surface area contributed by atoms with Gasteiger partial charge in [0.15, 0.2) is 0 Å². The molecular formula is C8H13NO6. The van der Waals surface area contributed by atoms with Crippen LogP contribution >= 0.6 is 0 Å². The first-order valence-corrected chi connectivity index (χ1v) is 4.01. The average Bonchev–Trinajstić information content (AvgIpc) is 2.26. The van der Waals surface area contributed by atoms with Gasteiger partial charge in [-0.15, -0.1) is 0 Å². The minimum Gasteiger partial charge on any atom is -0.468 e. The fraction of sp³-hybridized carbons (Fsp3) is 0.625. The van der Waals surface area contributed by atoms with E-state index in [1.807, 2.05) is 0 Å². The van der Waals surface area contributed by atoms with Crippen LogP contribution in [0.3, 0.4) is 0 Å². The Bertz CT molecular complexity index is 234. The molecule has 0 spiro atoms. The van der Waals surface area contributed by atoms with Crippen LogP contribution < -0.4 is 0 Å². The Morgan fingerprint density at radius 3 is 1.53 bits per heavy atom. The summed E-state index contributed by atoms with van der Waals surface area (Å²) >= 11 is 0. The maximum atomic E-state index is 11.1.